The molecular formula is C13H13F3O3. The van der Waals surface area contributed by atoms with E-state index in [-0.39, 0.29) is 18.4 Å². The Morgan fingerprint density at radius 3 is 2.21 bits per heavy atom. The zero-order valence-corrected chi connectivity index (χ0v) is 10.2. The molecule has 0 heterocycles. The summed E-state index contributed by atoms with van der Waals surface area (Å²) in [5.41, 5.74) is -4.12. The Morgan fingerprint density at radius 1 is 1.26 bits per heavy atom. The summed E-state index contributed by atoms with van der Waals surface area (Å²) in [5, 5.41) is 19.0. The topological polar surface area (TPSA) is 57.5 Å². The van der Waals surface area contributed by atoms with Gasteiger partial charge in [-0.25, -0.2) is 0 Å². The number of aliphatic carboxylic acids is 1. The first-order chi connectivity index (χ1) is 8.58. The Morgan fingerprint density at radius 2 is 1.79 bits per heavy atom. The maximum Gasteiger partial charge on any atom is 0.416 e. The molecule has 0 atom stereocenters. The molecule has 1 fully saturated rings. The number of carboxylic acids is 1. The molecule has 6 heteroatoms. The predicted molar refractivity (Wildman–Crippen MR) is 60.6 cm³/mol. The zero-order valence-electron chi connectivity index (χ0n) is 10.2. The first-order valence-corrected chi connectivity index (χ1v) is 5.71. The summed E-state index contributed by atoms with van der Waals surface area (Å²) in [7, 11) is 0. The molecule has 3 nitrogen and oxygen atoms in total. The van der Waals surface area contributed by atoms with Gasteiger partial charge in [0.2, 0.25) is 0 Å². The third-order valence-electron chi connectivity index (χ3n) is 3.52. The van der Waals surface area contributed by atoms with Crippen molar-refractivity contribution in [1.29, 1.82) is 0 Å². The van der Waals surface area contributed by atoms with Crippen LogP contribution in [0.2, 0.25) is 0 Å². The lowest BCUT2D eigenvalue weighted by molar-refractivity contribution is -0.164. The van der Waals surface area contributed by atoms with Crippen molar-refractivity contribution in [3.8, 4) is 0 Å². The third-order valence-corrected chi connectivity index (χ3v) is 3.52. The number of halogens is 3. The molecule has 1 aromatic rings. The van der Waals surface area contributed by atoms with Crippen molar-refractivity contribution in [2.24, 2.45) is 0 Å². The van der Waals surface area contributed by atoms with E-state index in [9.17, 15) is 28.2 Å². The molecular weight excluding hydrogens is 261 g/mol. The van der Waals surface area contributed by atoms with Gasteiger partial charge in [0.05, 0.1) is 16.6 Å². The third kappa shape index (κ3) is 2.20. The molecule has 0 aliphatic heterocycles. The first kappa shape index (κ1) is 13.9. The number of alkyl halides is 3. The van der Waals surface area contributed by atoms with Crippen LogP contribution in [0.5, 0.6) is 0 Å². The minimum atomic E-state index is -4.61. The number of rotatable bonds is 2. The normalized spacial score (nSPS) is 30.8. The quantitative estimate of drug-likeness (QED) is 0.871. The van der Waals surface area contributed by atoms with E-state index in [0.717, 1.165) is 6.07 Å². The summed E-state index contributed by atoms with van der Waals surface area (Å²) in [6.45, 7) is 1.42. The van der Waals surface area contributed by atoms with Crippen LogP contribution in [-0.4, -0.2) is 21.8 Å². The molecule has 2 rings (SSSR count). The highest BCUT2D eigenvalue weighted by Crippen LogP contribution is 2.53. The molecule has 0 aromatic heterocycles. The average Bonchev–Trinajstić information content (AvgIpc) is 2.23. The van der Waals surface area contributed by atoms with Crippen molar-refractivity contribution in [1.82, 2.24) is 0 Å². The van der Waals surface area contributed by atoms with Crippen molar-refractivity contribution in [3.05, 3.63) is 35.4 Å². The van der Waals surface area contributed by atoms with E-state index in [1.165, 1.54) is 25.1 Å². The Kier molecular flexibility index (Phi) is 2.89. The molecule has 1 aromatic carbocycles. The fraction of sp³-hybridized carbons (Fsp3) is 0.462. The van der Waals surface area contributed by atoms with Crippen molar-refractivity contribution >= 4 is 5.97 Å². The molecule has 0 unspecified atom stereocenters. The monoisotopic (exact) mass is 274 g/mol. The van der Waals surface area contributed by atoms with E-state index in [2.05, 4.69) is 0 Å². The largest absolute Gasteiger partial charge is 0.481 e. The van der Waals surface area contributed by atoms with Gasteiger partial charge in [0.25, 0.3) is 0 Å². The summed E-state index contributed by atoms with van der Waals surface area (Å²) in [4.78, 5) is 11.4. The highest BCUT2D eigenvalue weighted by atomic mass is 19.4. The molecule has 104 valence electrons. The molecule has 0 radical (unpaired) electrons. The highest BCUT2D eigenvalue weighted by Gasteiger charge is 2.59. The van der Waals surface area contributed by atoms with Crippen molar-refractivity contribution < 1.29 is 28.2 Å². The number of hydrogen-bond acceptors (Lipinski definition) is 2. The summed E-state index contributed by atoms with van der Waals surface area (Å²) < 4.78 is 38.8. The number of carbonyl (C=O) groups is 1. The summed E-state index contributed by atoms with van der Waals surface area (Å²) in [5.74, 6) is -1.34. The molecule has 0 amide bonds. The van der Waals surface area contributed by atoms with Gasteiger partial charge < -0.3 is 10.2 Å². The van der Waals surface area contributed by atoms with Gasteiger partial charge in [0, 0.05) is 0 Å². The molecule has 1 aliphatic carbocycles. The summed E-state index contributed by atoms with van der Waals surface area (Å²) in [6.07, 6.45) is -5.05. The van der Waals surface area contributed by atoms with E-state index in [1.807, 2.05) is 0 Å². The number of hydrogen-bond donors (Lipinski definition) is 2. The number of carboxylic acid groups (broad SMARTS) is 1. The highest BCUT2D eigenvalue weighted by molar-refractivity contribution is 5.84. The maximum absolute atomic E-state index is 12.9. The van der Waals surface area contributed by atoms with Gasteiger partial charge in [-0.2, -0.15) is 13.2 Å². The Hall–Kier alpha value is -1.56. The molecule has 2 N–H and O–H groups in total. The van der Waals surface area contributed by atoms with E-state index < -0.39 is 28.7 Å². The van der Waals surface area contributed by atoms with Crippen LogP contribution in [0.25, 0.3) is 0 Å². The minimum absolute atomic E-state index is 0.220. The Labute approximate surface area is 107 Å². The second kappa shape index (κ2) is 3.96. The van der Waals surface area contributed by atoms with Gasteiger partial charge in [0.1, 0.15) is 0 Å². The van der Waals surface area contributed by atoms with Gasteiger partial charge in [-0.05, 0) is 31.4 Å². The van der Waals surface area contributed by atoms with Crippen molar-refractivity contribution in [3.63, 3.8) is 0 Å². The molecule has 1 aliphatic rings. The molecule has 0 bridgehead atoms. The second-order valence-corrected chi connectivity index (χ2v) is 5.28. The van der Waals surface area contributed by atoms with Crippen LogP contribution in [0.3, 0.4) is 0 Å². The van der Waals surface area contributed by atoms with Crippen LogP contribution < -0.4 is 0 Å². The van der Waals surface area contributed by atoms with Gasteiger partial charge in [-0.1, -0.05) is 18.2 Å². The van der Waals surface area contributed by atoms with E-state index in [0.29, 0.717) is 0 Å². The molecule has 0 saturated heterocycles. The maximum atomic E-state index is 12.9. The van der Waals surface area contributed by atoms with Gasteiger partial charge in [-0.15, -0.1) is 0 Å². The molecule has 1 saturated carbocycles. The van der Waals surface area contributed by atoms with Crippen LogP contribution in [0.15, 0.2) is 24.3 Å². The summed E-state index contributed by atoms with van der Waals surface area (Å²) in [6, 6.07) is 4.64. The Balaban J connectivity index is 2.55. The standard InChI is InChI=1S/C13H13F3O3/c1-11(19)6-12(7-11,10(17)18)8-4-2-3-5-9(8)13(14,15)16/h2-5,19H,6-7H2,1H3,(H,17,18). The molecule has 0 spiro atoms. The van der Waals surface area contributed by atoms with Crippen LogP contribution in [0.1, 0.15) is 30.9 Å². The SMILES string of the molecule is CC1(O)CC(C(=O)O)(c2ccccc2C(F)(F)F)C1. The summed E-state index contributed by atoms with van der Waals surface area (Å²) >= 11 is 0. The molecule has 19 heavy (non-hydrogen) atoms. The van der Waals surface area contributed by atoms with Crippen molar-refractivity contribution in [2.45, 2.75) is 37.0 Å². The van der Waals surface area contributed by atoms with Crippen LogP contribution >= 0.6 is 0 Å². The van der Waals surface area contributed by atoms with E-state index >= 15 is 0 Å². The average molecular weight is 274 g/mol. The van der Waals surface area contributed by atoms with Gasteiger partial charge in [0.15, 0.2) is 0 Å². The smallest absolute Gasteiger partial charge is 0.416 e. The lowest BCUT2D eigenvalue weighted by Crippen LogP contribution is -2.57. The number of aliphatic hydroxyl groups is 1. The van der Waals surface area contributed by atoms with Crippen molar-refractivity contribution in [2.75, 3.05) is 0 Å². The van der Waals surface area contributed by atoms with Crippen LogP contribution in [-0.2, 0) is 16.4 Å². The van der Waals surface area contributed by atoms with Gasteiger partial charge >= 0.3 is 12.1 Å². The fourth-order valence-corrected chi connectivity index (χ4v) is 2.85. The van der Waals surface area contributed by atoms with E-state index in [1.54, 1.807) is 0 Å². The van der Waals surface area contributed by atoms with E-state index in [4.69, 9.17) is 0 Å². The lowest BCUT2D eigenvalue weighted by atomic mass is 9.56. The second-order valence-electron chi connectivity index (χ2n) is 5.28. The Bertz CT molecular complexity index is 512. The first-order valence-electron chi connectivity index (χ1n) is 5.71. The van der Waals surface area contributed by atoms with Crippen LogP contribution in [0.4, 0.5) is 13.2 Å². The minimum Gasteiger partial charge on any atom is -0.481 e. The number of benzene rings is 1. The van der Waals surface area contributed by atoms with Crippen LogP contribution in [0, 0.1) is 0 Å². The predicted octanol–water partition coefficient (Wildman–Crippen LogP) is 2.57. The zero-order chi connectivity index (χ0) is 14.5. The lowest BCUT2D eigenvalue weighted by Gasteiger charge is -2.49. The van der Waals surface area contributed by atoms with Gasteiger partial charge in [-0.3, -0.25) is 4.79 Å². The fourth-order valence-electron chi connectivity index (χ4n) is 2.85.